The highest BCUT2D eigenvalue weighted by Crippen LogP contribution is 2.78. The lowest BCUT2D eigenvalue weighted by atomic mass is 9.82. The molecule has 0 aromatic carbocycles. The lowest BCUT2D eigenvalue weighted by molar-refractivity contribution is -0.352. The maximum Gasteiger partial charge on any atom is 0.522 e. The molecule has 12 heteroatoms. The number of ether oxygens (including phenoxy) is 1. The third-order valence-electron chi connectivity index (χ3n) is 6.48. The number of halogens is 4. The van der Waals surface area contributed by atoms with Crippen molar-refractivity contribution in [2.75, 3.05) is 0 Å². The second-order valence-electron chi connectivity index (χ2n) is 8.51. The normalized spacial score (nSPS) is 31.2. The van der Waals surface area contributed by atoms with Crippen LogP contribution in [0.3, 0.4) is 0 Å². The van der Waals surface area contributed by atoms with Crippen molar-refractivity contribution >= 4 is 23.2 Å². The van der Waals surface area contributed by atoms with E-state index in [1.165, 1.54) is 0 Å². The minimum atomic E-state index is -4.64. The molecule has 3 fully saturated rings. The molecule has 3 aromatic rings. The number of amides is 1. The van der Waals surface area contributed by atoms with Gasteiger partial charge in [0.2, 0.25) is 11.8 Å². The number of nitrogens with one attached hydrogen (secondary N) is 1. The molecule has 162 valence electrons. The highest BCUT2D eigenvalue weighted by Gasteiger charge is 2.88. The summed E-state index contributed by atoms with van der Waals surface area (Å²) in [6.45, 7) is 0. The molecule has 3 aliphatic carbocycles. The van der Waals surface area contributed by atoms with E-state index in [9.17, 15) is 18.0 Å². The van der Waals surface area contributed by atoms with Crippen molar-refractivity contribution in [3.8, 4) is 0 Å². The number of rotatable bonds is 5. The van der Waals surface area contributed by atoms with Crippen LogP contribution in [0.4, 0.5) is 13.2 Å². The Morgan fingerprint density at radius 1 is 1.32 bits per heavy atom. The number of alkyl halides is 3. The zero-order chi connectivity index (χ0) is 21.6. The van der Waals surface area contributed by atoms with Gasteiger partial charge < -0.3 is 14.1 Å². The zero-order valence-electron chi connectivity index (χ0n) is 15.8. The van der Waals surface area contributed by atoms with Gasteiger partial charge in [0.25, 0.3) is 5.91 Å². The van der Waals surface area contributed by atoms with Gasteiger partial charge in [-0.25, -0.2) is 4.98 Å². The molecule has 0 saturated heterocycles. The Hall–Kier alpha value is -2.66. The number of pyridine rings is 1. The SMILES string of the molecule is O=C(NC12CC1(c1nnc(C3CC(OC(F)(F)F)C3)o1)C2)c1cn2ccc(Cl)cc2n1. The van der Waals surface area contributed by atoms with E-state index in [4.69, 9.17) is 16.0 Å². The molecule has 0 radical (unpaired) electrons. The molecule has 3 heterocycles. The summed E-state index contributed by atoms with van der Waals surface area (Å²) in [4.78, 5) is 17.0. The summed E-state index contributed by atoms with van der Waals surface area (Å²) >= 11 is 5.96. The Morgan fingerprint density at radius 3 is 2.84 bits per heavy atom. The van der Waals surface area contributed by atoms with Crippen molar-refractivity contribution in [1.82, 2.24) is 24.9 Å². The van der Waals surface area contributed by atoms with E-state index in [0.29, 0.717) is 35.3 Å². The van der Waals surface area contributed by atoms with Gasteiger partial charge in [-0.15, -0.1) is 23.4 Å². The van der Waals surface area contributed by atoms with Gasteiger partial charge in [0.1, 0.15) is 11.3 Å². The fourth-order valence-electron chi connectivity index (χ4n) is 4.45. The molecule has 0 unspecified atom stereocenters. The maximum atomic E-state index is 12.7. The number of imidazole rings is 1. The Labute approximate surface area is 177 Å². The summed E-state index contributed by atoms with van der Waals surface area (Å²) in [6.07, 6.45) is -0.426. The average molecular weight is 454 g/mol. The highest BCUT2D eigenvalue weighted by atomic mass is 35.5. The van der Waals surface area contributed by atoms with Crippen molar-refractivity contribution in [2.45, 2.75) is 55.0 Å². The second kappa shape index (κ2) is 5.98. The molecule has 3 saturated carbocycles. The fraction of sp³-hybridized carbons (Fsp3) is 0.474. The van der Waals surface area contributed by atoms with E-state index in [2.05, 4.69) is 25.2 Å². The monoisotopic (exact) mass is 453 g/mol. The summed E-state index contributed by atoms with van der Waals surface area (Å²) in [5, 5.41) is 11.7. The molecular weight excluding hydrogens is 439 g/mol. The minimum absolute atomic E-state index is 0.188. The van der Waals surface area contributed by atoms with Crippen LogP contribution in [0.15, 0.2) is 28.9 Å². The van der Waals surface area contributed by atoms with Gasteiger partial charge in [-0.2, -0.15) is 0 Å². The number of nitrogens with zero attached hydrogens (tertiary/aromatic N) is 4. The van der Waals surface area contributed by atoms with Crippen LogP contribution in [0.1, 0.15) is 53.9 Å². The van der Waals surface area contributed by atoms with Crippen molar-refractivity contribution in [2.24, 2.45) is 0 Å². The Bertz CT molecular complexity index is 1210. The van der Waals surface area contributed by atoms with Crippen LogP contribution in [0.25, 0.3) is 5.65 Å². The van der Waals surface area contributed by atoms with Gasteiger partial charge >= 0.3 is 6.36 Å². The lowest BCUT2D eigenvalue weighted by Crippen LogP contribution is -2.34. The third-order valence-corrected chi connectivity index (χ3v) is 6.71. The van der Waals surface area contributed by atoms with Crippen molar-refractivity contribution in [3.63, 3.8) is 0 Å². The van der Waals surface area contributed by atoms with Gasteiger partial charge in [-0.3, -0.25) is 9.53 Å². The van der Waals surface area contributed by atoms with Gasteiger partial charge in [-0.1, -0.05) is 11.6 Å². The lowest BCUT2D eigenvalue weighted by Gasteiger charge is -2.32. The van der Waals surface area contributed by atoms with E-state index >= 15 is 0 Å². The van der Waals surface area contributed by atoms with E-state index in [1.54, 1.807) is 28.9 Å². The predicted octanol–water partition coefficient (Wildman–Crippen LogP) is 3.37. The fourth-order valence-corrected chi connectivity index (χ4v) is 4.60. The number of fused-ring (bicyclic) bond motifs is 2. The molecule has 0 spiro atoms. The zero-order valence-corrected chi connectivity index (χ0v) is 16.6. The molecular formula is C19H15ClF3N5O3. The standard InChI is InChI=1S/C19H15ClF3N5O3/c20-10-1-2-28-6-12(24-13(28)5-10)14(29)25-18-7-17(18,8-18)16-27-26-15(30-16)9-3-11(4-9)31-19(21,22)23/h1-2,5-6,9,11H,3-4,7-8H2,(H,25,29). The van der Waals surface area contributed by atoms with E-state index in [1.807, 2.05) is 0 Å². The quantitative estimate of drug-likeness (QED) is 0.636. The van der Waals surface area contributed by atoms with Gasteiger partial charge in [0, 0.05) is 29.4 Å². The molecule has 0 aliphatic heterocycles. The maximum absolute atomic E-state index is 12.7. The van der Waals surface area contributed by atoms with Gasteiger partial charge in [0.05, 0.1) is 17.1 Å². The molecule has 1 N–H and O–H groups in total. The topological polar surface area (TPSA) is 94.5 Å². The highest BCUT2D eigenvalue weighted by molar-refractivity contribution is 6.30. The van der Waals surface area contributed by atoms with Crippen molar-refractivity contribution in [1.29, 1.82) is 0 Å². The first-order chi connectivity index (χ1) is 14.7. The molecule has 1 amide bonds. The Balaban J connectivity index is 1.10. The number of carbonyl (C=O) groups is 1. The van der Waals surface area contributed by atoms with Crippen LogP contribution >= 0.6 is 11.6 Å². The largest absolute Gasteiger partial charge is 0.522 e. The number of aromatic nitrogens is 4. The second-order valence-corrected chi connectivity index (χ2v) is 8.94. The third kappa shape index (κ3) is 3.01. The molecule has 0 atom stereocenters. The van der Waals surface area contributed by atoms with Crippen LogP contribution in [0.2, 0.25) is 5.02 Å². The molecule has 31 heavy (non-hydrogen) atoms. The van der Waals surface area contributed by atoms with Crippen LogP contribution in [-0.4, -0.2) is 43.5 Å². The molecule has 0 bridgehead atoms. The first-order valence-corrected chi connectivity index (χ1v) is 10.1. The Kier molecular flexibility index (Phi) is 3.67. The first kappa shape index (κ1) is 19.1. The molecule has 3 aromatic heterocycles. The van der Waals surface area contributed by atoms with Crippen LogP contribution in [-0.2, 0) is 10.2 Å². The number of hydrogen-bond acceptors (Lipinski definition) is 6. The van der Waals surface area contributed by atoms with Crippen molar-refractivity contribution < 1.29 is 27.1 Å². The number of carbonyl (C=O) groups excluding carboxylic acids is 1. The van der Waals surface area contributed by atoms with E-state index in [-0.39, 0.29) is 35.8 Å². The summed E-state index contributed by atoms with van der Waals surface area (Å²) < 4.78 is 48.2. The van der Waals surface area contributed by atoms with Crippen LogP contribution in [0, 0.1) is 0 Å². The van der Waals surface area contributed by atoms with Crippen LogP contribution < -0.4 is 5.32 Å². The summed E-state index contributed by atoms with van der Waals surface area (Å²) in [5.41, 5.74) is 0.0359. The number of hydrogen-bond donors (Lipinski definition) is 1. The van der Waals surface area contributed by atoms with Crippen LogP contribution in [0.5, 0.6) is 0 Å². The predicted molar refractivity (Wildman–Crippen MR) is 98.5 cm³/mol. The molecule has 3 aliphatic rings. The summed E-state index contributed by atoms with van der Waals surface area (Å²) in [7, 11) is 0. The van der Waals surface area contributed by atoms with E-state index < -0.39 is 18.0 Å². The van der Waals surface area contributed by atoms with Gasteiger partial charge in [-0.05, 0) is 31.7 Å². The Morgan fingerprint density at radius 2 is 2.10 bits per heavy atom. The average Bonchev–Trinajstić information content (AvgIpc) is 3.22. The summed E-state index contributed by atoms with van der Waals surface area (Å²) in [5.74, 6) is 0.203. The van der Waals surface area contributed by atoms with E-state index in [0.717, 1.165) is 0 Å². The first-order valence-electron chi connectivity index (χ1n) is 9.72. The smallest absolute Gasteiger partial charge is 0.424 e. The summed E-state index contributed by atoms with van der Waals surface area (Å²) in [6, 6.07) is 3.37. The molecule has 8 nitrogen and oxygen atoms in total. The minimum Gasteiger partial charge on any atom is -0.424 e. The van der Waals surface area contributed by atoms with Crippen molar-refractivity contribution in [3.05, 3.63) is 47.0 Å². The molecule has 6 rings (SSSR count). The van der Waals surface area contributed by atoms with Gasteiger partial charge in [0.15, 0.2) is 0 Å².